The summed E-state index contributed by atoms with van der Waals surface area (Å²) in [7, 11) is 0. The monoisotopic (exact) mass is 276 g/mol. The molecule has 0 spiro atoms. The van der Waals surface area contributed by atoms with Gasteiger partial charge in [-0.3, -0.25) is 4.79 Å². The Morgan fingerprint density at radius 3 is 2.65 bits per heavy atom. The van der Waals surface area contributed by atoms with Crippen molar-refractivity contribution in [3.63, 3.8) is 0 Å². The van der Waals surface area contributed by atoms with Crippen molar-refractivity contribution in [2.24, 2.45) is 0 Å². The van der Waals surface area contributed by atoms with Crippen molar-refractivity contribution in [1.29, 1.82) is 0 Å². The van der Waals surface area contributed by atoms with Gasteiger partial charge in [0.15, 0.2) is 11.0 Å². The highest BCUT2D eigenvalue weighted by molar-refractivity contribution is 6.34. The molecule has 17 heavy (non-hydrogen) atoms. The van der Waals surface area contributed by atoms with E-state index in [0.29, 0.717) is 0 Å². The molecule has 1 aliphatic carbocycles. The van der Waals surface area contributed by atoms with Crippen LogP contribution in [-0.2, 0) is 0 Å². The molecule has 1 N–H and O–H groups in total. The number of amides is 1. The third kappa shape index (κ3) is 2.87. The molecule has 0 unspecified atom stereocenters. The number of aromatic nitrogens is 1. The molecular weight excluding hydrogens is 266 g/mol. The second-order valence-corrected chi connectivity index (χ2v) is 4.77. The third-order valence-electron chi connectivity index (χ3n) is 2.82. The Morgan fingerprint density at radius 1 is 1.35 bits per heavy atom. The summed E-state index contributed by atoms with van der Waals surface area (Å²) in [5.74, 6) is -1.14. The smallest absolute Gasteiger partial charge is 0.254 e. The average molecular weight is 277 g/mol. The van der Waals surface area contributed by atoms with Gasteiger partial charge in [0, 0.05) is 6.04 Å². The van der Waals surface area contributed by atoms with Gasteiger partial charge in [0.1, 0.15) is 5.15 Å². The van der Waals surface area contributed by atoms with Crippen LogP contribution in [0.4, 0.5) is 4.39 Å². The van der Waals surface area contributed by atoms with Gasteiger partial charge < -0.3 is 5.32 Å². The number of pyridine rings is 1. The lowest BCUT2D eigenvalue weighted by molar-refractivity contribution is 0.0937. The first-order valence-corrected chi connectivity index (χ1v) is 6.16. The Kier molecular flexibility index (Phi) is 3.84. The first kappa shape index (κ1) is 12.6. The minimum absolute atomic E-state index is 0.0282. The molecule has 0 bridgehead atoms. The molecule has 1 amide bonds. The second kappa shape index (κ2) is 5.19. The fourth-order valence-electron chi connectivity index (χ4n) is 1.94. The van der Waals surface area contributed by atoms with Gasteiger partial charge in [-0.2, -0.15) is 0 Å². The maximum atomic E-state index is 13.2. The van der Waals surface area contributed by atoms with Gasteiger partial charge in [0.25, 0.3) is 5.91 Å². The van der Waals surface area contributed by atoms with Gasteiger partial charge in [-0.25, -0.2) is 9.37 Å². The van der Waals surface area contributed by atoms with E-state index in [0.717, 1.165) is 31.7 Å². The molecule has 92 valence electrons. The van der Waals surface area contributed by atoms with Gasteiger partial charge in [0.2, 0.25) is 0 Å². The molecule has 2 rings (SSSR count). The van der Waals surface area contributed by atoms with Crippen LogP contribution >= 0.6 is 23.2 Å². The van der Waals surface area contributed by atoms with E-state index in [1.165, 1.54) is 0 Å². The molecule has 0 aliphatic heterocycles. The van der Waals surface area contributed by atoms with Crippen LogP contribution in [-0.4, -0.2) is 16.9 Å². The zero-order chi connectivity index (χ0) is 12.4. The summed E-state index contributed by atoms with van der Waals surface area (Å²) in [6, 6.07) is 1.17. The zero-order valence-corrected chi connectivity index (χ0v) is 10.5. The Morgan fingerprint density at radius 2 is 2.00 bits per heavy atom. The minimum atomic E-state index is -0.743. The van der Waals surface area contributed by atoms with Crippen molar-refractivity contribution >= 4 is 29.1 Å². The van der Waals surface area contributed by atoms with E-state index in [1.807, 2.05) is 0 Å². The summed E-state index contributed by atoms with van der Waals surface area (Å²) in [5.41, 5.74) is 0.0282. The van der Waals surface area contributed by atoms with Crippen LogP contribution in [0.1, 0.15) is 36.0 Å². The molecule has 1 heterocycles. The molecule has 6 heteroatoms. The average Bonchev–Trinajstić information content (AvgIpc) is 2.76. The first-order chi connectivity index (χ1) is 8.08. The van der Waals surface area contributed by atoms with Gasteiger partial charge in [0.05, 0.1) is 5.56 Å². The predicted molar refractivity (Wildman–Crippen MR) is 63.9 cm³/mol. The first-order valence-electron chi connectivity index (χ1n) is 5.40. The van der Waals surface area contributed by atoms with Crippen molar-refractivity contribution in [2.75, 3.05) is 0 Å². The summed E-state index contributed by atoms with van der Waals surface area (Å²) in [6.07, 6.45) is 4.11. The standard InChI is InChI=1S/C11H11Cl2FN2O/c12-9-7(5-8(14)10(13)16-9)11(17)15-6-3-1-2-4-6/h5-6H,1-4H2,(H,15,17). The van der Waals surface area contributed by atoms with E-state index in [2.05, 4.69) is 10.3 Å². The van der Waals surface area contributed by atoms with Crippen LogP contribution in [0.15, 0.2) is 6.07 Å². The summed E-state index contributed by atoms with van der Waals surface area (Å²) in [6.45, 7) is 0. The number of nitrogens with one attached hydrogen (secondary N) is 1. The molecule has 1 fully saturated rings. The number of nitrogens with zero attached hydrogens (tertiary/aromatic N) is 1. The van der Waals surface area contributed by atoms with Crippen molar-refractivity contribution < 1.29 is 9.18 Å². The normalized spacial score (nSPS) is 16.2. The van der Waals surface area contributed by atoms with E-state index >= 15 is 0 Å². The molecule has 0 atom stereocenters. The fraction of sp³-hybridized carbons (Fsp3) is 0.455. The Balaban J connectivity index is 2.15. The number of hydrogen-bond donors (Lipinski definition) is 1. The Bertz CT molecular complexity index is 447. The summed E-state index contributed by atoms with van der Waals surface area (Å²) < 4.78 is 13.2. The summed E-state index contributed by atoms with van der Waals surface area (Å²) in [5, 5.41) is 2.41. The molecule has 0 radical (unpaired) electrons. The fourth-order valence-corrected chi connectivity index (χ4v) is 2.35. The molecule has 1 saturated carbocycles. The van der Waals surface area contributed by atoms with Crippen molar-refractivity contribution in [1.82, 2.24) is 10.3 Å². The Hall–Kier alpha value is -0.870. The van der Waals surface area contributed by atoms with E-state index in [1.54, 1.807) is 0 Å². The lowest BCUT2D eigenvalue weighted by Gasteiger charge is -2.12. The van der Waals surface area contributed by atoms with Crippen LogP contribution in [0.3, 0.4) is 0 Å². The van der Waals surface area contributed by atoms with Gasteiger partial charge in [-0.1, -0.05) is 36.0 Å². The zero-order valence-electron chi connectivity index (χ0n) is 8.97. The van der Waals surface area contributed by atoms with Crippen LogP contribution in [0.2, 0.25) is 10.3 Å². The highest BCUT2D eigenvalue weighted by atomic mass is 35.5. The third-order valence-corrected chi connectivity index (χ3v) is 3.37. The van der Waals surface area contributed by atoms with Crippen molar-refractivity contribution in [3.05, 3.63) is 27.8 Å². The maximum Gasteiger partial charge on any atom is 0.254 e. The molecule has 1 aromatic rings. The number of halogens is 3. The topological polar surface area (TPSA) is 42.0 Å². The van der Waals surface area contributed by atoms with Crippen molar-refractivity contribution in [2.45, 2.75) is 31.7 Å². The van der Waals surface area contributed by atoms with Crippen LogP contribution in [0, 0.1) is 5.82 Å². The lowest BCUT2D eigenvalue weighted by Crippen LogP contribution is -2.33. The highest BCUT2D eigenvalue weighted by Crippen LogP contribution is 2.22. The molecule has 1 aliphatic rings. The lowest BCUT2D eigenvalue weighted by atomic mass is 10.2. The van der Waals surface area contributed by atoms with Gasteiger partial charge in [-0.15, -0.1) is 0 Å². The van der Waals surface area contributed by atoms with Gasteiger partial charge in [-0.05, 0) is 18.9 Å². The van der Waals surface area contributed by atoms with Crippen LogP contribution in [0.25, 0.3) is 0 Å². The second-order valence-electron chi connectivity index (χ2n) is 4.05. The Labute approximate surface area is 108 Å². The molecular formula is C11H11Cl2FN2O. The quantitative estimate of drug-likeness (QED) is 0.843. The SMILES string of the molecule is O=C(NC1CCCC1)c1cc(F)c(Cl)nc1Cl. The van der Waals surface area contributed by atoms with Gasteiger partial charge >= 0.3 is 0 Å². The summed E-state index contributed by atoms with van der Waals surface area (Å²) >= 11 is 11.2. The predicted octanol–water partition coefficient (Wildman–Crippen LogP) is 3.20. The number of rotatable bonds is 2. The van der Waals surface area contributed by atoms with E-state index < -0.39 is 11.7 Å². The van der Waals surface area contributed by atoms with E-state index in [-0.39, 0.29) is 21.9 Å². The summed E-state index contributed by atoms with van der Waals surface area (Å²) in [4.78, 5) is 15.4. The van der Waals surface area contributed by atoms with E-state index in [9.17, 15) is 9.18 Å². The molecule has 3 nitrogen and oxygen atoms in total. The minimum Gasteiger partial charge on any atom is -0.349 e. The van der Waals surface area contributed by atoms with E-state index in [4.69, 9.17) is 23.2 Å². The largest absolute Gasteiger partial charge is 0.349 e. The number of carbonyl (C=O) groups is 1. The number of carbonyl (C=O) groups excluding carboxylic acids is 1. The van der Waals surface area contributed by atoms with Crippen LogP contribution in [0.5, 0.6) is 0 Å². The number of hydrogen-bond acceptors (Lipinski definition) is 2. The molecule has 1 aromatic heterocycles. The maximum absolute atomic E-state index is 13.2. The van der Waals surface area contributed by atoms with Crippen molar-refractivity contribution in [3.8, 4) is 0 Å². The molecule has 0 aromatic carbocycles. The van der Waals surface area contributed by atoms with Crippen LogP contribution < -0.4 is 5.32 Å². The molecule has 0 saturated heterocycles. The highest BCUT2D eigenvalue weighted by Gasteiger charge is 2.21.